The van der Waals surface area contributed by atoms with Crippen molar-refractivity contribution in [3.8, 4) is 0 Å². The van der Waals surface area contributed by atoms with Gasteiger partial charge in [0.15, 0.2) is 0 Å². The number of nitrogens with two attached hydrogens (primary N) is 1. The molecule has 4 bridgehead atoms. The fraction of sp³-hybridized carbons (Fsp3) is 0.711. The average molecular weight is 2170 g/mol. The van der Waals surface area contributed by atoms with E-state index in [1.165, 1.54) is 47.6 Å². The molecule has 131 heavy (non-hydrogen) atoms. The number of carboxylic acid groups (broad SMARTS) is 9. The second-order valence-corrected chi connectivity index (χ2v) is 30.5. The smallest absolute Gasteiger partial charge is 0.548 e. The van der Waals surface area contributed by atoms with E-state index in [9.17, 15) is 149 Å². The van der Waals surface area contributed by atoms with Gasteiger partial charge < -0.3 is 199 Å². The predicted octanol–water partition coefficient (Wildman–Crippen LogP) is -22.3. The standard InChI is InChI=1S/C44H75N7O24.C26H36N4O12.C6H15NO5.2Gd/c52-19-30(58)39(67)36(64)27(55)14-45-33(61)7-4-24(42(70)71)49-10-12-50(25(43(72)73)5-8-34(62)46-15-28(56)37(65)40(68)31(59)20-53)17-22-2-1-3-23(48-22)18-51(13-11-49)26(44(74)75)6-9-35(63)47-16-29(57)38(66)41(69)32(60)21-54;31-21(32)7-4-18(24(37)38)28-10-12-29(19(25(39)40)5-8-22(33)34)14-16-2-1-3-17(27-16)15-30(13-11-28)20(26(41)42)6-9-23(35)36;7-1-3(9)5(11)6(12)4(10)2-8;;/h1-3,24-32,36-41,52-60,64-69H,4-21H2,(H,45,61)(H,46,62)(H,47,63)(H,70,71)(H,72,73)(H,74,75);1-3,18-20H,4-15H2,(H,31,32)(H,33,34)(H,35,36)(H,37,38)(H,39,40)(H,41,42);3-6,8-12H,1-2,7H2;;/q;;;2*+3/p-6. The number of carbonyl (C=O) groups excluding carboxylic acids is 9. The first-order chi connectivity index (χ1) is 60.6. The number of pyridine rings is 2. The van der Waals surface area contributed by atoms with E-state index in [0.29, 0.717) is 11.4 Å². The summed E-state index contributed by atoms with van der Waals surface area (Å²) in [5.74, 6) is -16.2. The molecule has 746 valence electrons. The molecule has 0 aromatic carbocycles. The molecule has 22 atom stereocenters. The Labute approximate surface area is 813 Å². The number of carboxylic acids is 9. The van der Waals surface area contributed by atoms with Crippen molar-refractivity contribution in [2.24, 2.45) is 5.73 Å². The molecular weight excluding hydrogens is 2050 g/mol. The van der Waals surface area contributed by atoms with E-state index >= 15 is 0 Å². The average Bonchev–Trinajstić information content (AvgIpc) is 0.828. The number of aliphatic hydroxyl groups is 20. The maximum atomic E-state index is 13.0. The Kier molecular flexibility index (Phi) is 62.0. The monoisotopic (exact) mass is 2170 g/mol. The van der Waals surface area contributed by atoms with Gasteiger partial charge in [-0.3, -0.25) is 68.1 Å². The van der Waals surface area contributed by atoms with Crippen LogP contribution in [0.15, 0.2) is 36.4 Å². The van der Waals surface area contributed by atoms with Crippen LogP contribution in [0.3, 0.4) is 0 Å². The van der Waals surface area contributed by atoms with Crippen LogP contribution in [0, 0.1) is 79.9 Å². The minimum atomic E-state index is -2.05. The second-order valence-electron chi connectivity index (χ2n) is 30.5. The van der Waals surface area contributed by atoms with Gasteiger partial charge >= 0.3 is 97.8 Å². The number of carbonyl (C=O) groups is 12. The summed E-state index contributed by atoms with van der Waals surface area (Å²) < 4.78 is 0. The van der Waals surface area contributed by atoms with E-state index in [2.05, 4.69) is 25.9 Å². The molecule has 22 unspecified atom stereocenters. The first-order valence-electron chi connectivity index (χ1n) is 40.7. The van der Waals surface area contributed by atoms with Gasteiger partial charge in [0.1, 0.15) is 73.2 Å². The zero-order chi connectivity index (χ0) is 97.8. The summed E-state index contributed by atoms with van der Waals surface area (Å²) in [5.41, 5.74) is 6.03. The van der Waals surface area contributed by atoms with Crippen LogP contribution in [0.4, 0.5) is 0 Å². The summed E-state index contributed by atoms with van der Waals surface area (Å²) in [6.07, 6.45) is -34.9. The number of nitrogens with one attached hydrogen (secondary N) is 3. The van der Waals surface area contributed by atoms with E-state index in [1.54, 1.807) is 18.2 Å². The molecule has 55 heteroatoms. The summed E-state index contributed by atoms with van der Waals surface area (Å²) in [4.78, 5) is 164. The first-order valence-corrected chi connectivity index (χ1v) is 40.7. The molecule has 0 saturated heterocycles. The molecule has 28 N–H and O–H groups in total. The van der Waals surface area contributed by atoms with Crippen LogP contribution in [-0.2, 0) is 83.7 Å². The van der Waals surface area contributed by atoms with Gasteiger partial charge in [-0.15, -0.1) is 0 Å². The quantitative estimate of drug-likeness (QED) is 0.0292. The molecular formula is C76H120Gd2N12O41. The van der Waals surface area contributed by atoms with Gasteiger partial charge in [-0.05, 0) is 62.8 Å². The Balaban J connectivity index is 0.00000251. The molecule has 4 rings (SSSR count). The largest absolute Gasteiger partial charge is 3.00 e. The Morgan fingerprint density at radius 1 is 0.298 bits per heavy atom. The summed E-state index contributed by atoms with van der Waals surface area (Å²) in [7, 11) is 0. The maximum absolute atomic E-state index is 13.0. The van der Waals surface area contributed by atoms with Gasteiger partial charge in [0.25, 0.3) is 0 Å². The third-order valence-electron chi connectivity index (χ3n) is 21.1. The van der Waals surface area contributed by atoms with Crippen molar-refractivity contribution in [1.82, 2.24) is 55.3 Å². The fourth-order valence-corrected chi connectivity index (χ4v) is 13.5. The number of aliphatic hydroxyl groups excluding tert-OH is 20. The first kappa shape index (κ1) is 125. The Morgan fingerprint density at radius 2 is 0.473 bits per heavy atom. The van der Waals surface area contributed by atoms with Gasteiger partial charge in [0, 0.05) is 155 Å². The summed E-state index contributed by atoms with van der Waals surface area (Å²) >= 11 is 0. The third-order valence-corrected chi connectivity index (χ3v) is 21.1. The number of nitrogens with zero attached hydrogens (tertiary/aromatic N) is 8. The number of amides is 3. The molecule has 0 fully saturated rings. The Bertz CT molecular complexity index is 3620. The molecule has 0 spiro atoms. The van der Waals surface area contributed by atoms with Crippen LogP contribution < -0.4 is 52.3 Å². The molecule has 2 aliphatic rings. The van der Waals surface area contributed by atoms with Gasteiger partial charge in [-0.1, -0.05) is 12.1 Å². The van der Waals surface area contributed by atoms with Crippen molar-refractivity contribution in [2.75, 3.05) is 105 Å². The SMILES string of the molecule is NCC(O)C(O)C(O)C(O)CO.O=C(CCC(C(=O)[O-])N1CCN(C(CCC(=O)NCC(O)C(O)C(O)C(O)CO)C(=O)[O-])Cc2cccc(n2)CN(C(CCC(=O)NCC(O)C(O)C(O)C(O)CO)C(=O)[O-])CC1)NCC(O)C(O)C(O)C(O)CO.O=C(O)CCC(C(=O)[O-])N1CCN(C(CCC(=O)O)C(=O)[O-])Cc2cccc(n2)CN(C(CCC(=O)O)C(=O)[O-])CC1.[Gd+3].[Gd+3]. The van der Waals surface area contributed by atoms with Crippen LogP contribution in [0.5, 0.6) is 0 Å². The Morgan fingerprint density at radius 3 is 0.656 bits per heavy atom. The van der Waals surface area contributed by atoms with Crippen LogP contribution >= 0.6 is 0 Å². The van der Waals surface area contributed by atoms with Crippen molar-refractivity contribution in [2.45, 2.75) is 237 Å². The van der Waals surface area contributed by atoms with Gasteiger partial charge in [0.2, 0.25) is 17.7 Å². The number of fused-ring (bicyclic) bond motifs is 4. The number of rotatable bonds is 53. The van der Waals surface area contributed by atoms with Gasteiger partial charge in [-0.2, -0.15) is 0 Å². The minimum Gasteiger partial charge on any atom is -0.548 e. The molecule has 2 aromatic heterocycles. The normalized spacial score (nSPS) is 19.2. The van der Waals surface area contributed by atoms with Crippen molar-refractivity contribution < 1.29 is 286 Å². The van der Waals surface area contributed by atoms with E-state index in [4.69, 9.17) is 61.9 Å². The molecule has 3 amide bonds. The molecule has 2 aliphatic heterocycles. The van der Waals surface area contributed by atoms with Crippen molar-refractivity contribution in [3.05, 3.63) is 59.2 Å². The molecule has 2 aromatic rings. The summed E-state index contributed by atoms with van der Waals surface area (Å²) in [5, 5.41) is 299. The summed E-state index contributed by atoms with van der Waals surface area (Å²) in [6.45, 7) is -8.87. The third kappa shape index (κ3) is 45.4. The fourth-order valence-electron chi connectivity index (χ4n) is 13.5. The molecule has 2 radical (unpaired) electrons. The van der Waals surface area contributed by atoms with Gasteiger partial charge in [-0.25, -0.2) is 0 Å². The number of hydrogen-bond donors (Lipinski definition) is 27. The van der Waals surface area contributed by atoms with Crippen LogP contribution in [0.2, 0.25) is 0 Å². The van der Waals surface area contributed by atoms with E-state index in [-0.39, 0.29) is 196 Å². The zero-order valence-corrected chi connectivity index (χ0v) is 75.3. The van der Waals surface area contributed by atoms with Gasteiger partial charge in [0.05, 0.1) is 134 Å². The minimum absolute atomic E-state index is 0. The van der Waals surface area contributed by atoms with E-state index in [0.717, 1.165) is 0 Å². The van der Waals surface area contributed by atoms with Crippen molar-refractivity contribution in [1.29, 1.82) is 0 Å². The summed E-state index contributed by atoms with van der Waals surface area (Å²) in [6, 6.07) is 0.0385. The van der Waals surface area contributed by atoms with Crippen molar-refractivity contribution in [3.63, 3.8) is 0 Å². The van der Waals surface area contributed by atoms with Crippen LogP contribution in [0.25, 0.3) is 0 Å². The Hall–Kier alpha value is -6.49. The predicted molar refractivity (Wildman–Crippen MR) is 417 cm³/mol. The molecule has 0 aliphatic carbocycles. The number of aromatic nitrogens is 2. The zero-order valence-electron chi connectivity index (χ0n) is 70.8. The van der Waals surface area contributed by atoms with E-state index < -0.39 is 309 Å². The van der Waals surface area contributed by atoms with Crippen LogP contribution in [0.1, 0.15) is 99.8 Å². The maximum Gasteiger partial charge on any atom is 3.00 e. The number of aliphatic carboxylic acids is 9. The topological polar surface area (TPSA) is 916 Å². The van der Waals surface area contributed by atoms with Crippen LogP contribution in [-0.4, -0.2) is 467 Å². The molecule has 4 heterocycles. The van der Waals surface area contributed by atoms with Crippen molar-refractivity contribution >= 4 is 71.4 Å². The van der Waals surface area contributed by atoms with E-state index in [1.807, 2.05) is 0 Å². The molecule has 0 saturated carbocycles. The second kappa shape index (κ2) is 65.3. The molecule has 53 nitrogen and oxygen atoms in total. The number of hydrogen-bond acceptors (Lipinski definition) is 47.